The Morgan fingerprint density at radius 3 is 2.53 bits per heavy atom. The highest BCUT2D eigenvalue weighted by Gasteiger charge is 2.32. The Bertz CT molecular complexity index is 892. The highest BCUT2D eigenvalue weighted by atomic mass is 35.5. The summed E-state index contributed by atoms with van der Waals surface area (Å²) in [6, 6.07) is 7.32. The van der Waals surface area contributed by atoms with Gasteiger partial charge in [-0.1, -0.05) is 16.8 Å². The van der Waals surface area contributed by atoms with Crippen molar-refractivity contribution in [3.8, 4) is 11.4 Å². The lowest BCUT2D eigenvalue weighted by Crippen LogP contribution is -2.52. The Balaban J connectivity index is 1.28. The number of rotatable bonds is 4. The molecule has 1 aromatic heterocycles. The number of halogens is 1. The van der Waals surface area contributed by atoms with E-state index in [4.69, 9.17) is 16.1 Å². The topological polar surface area (TPSA) is 82.8 Å². The molecule has 3 heterocycles. The van der Waals surface area contributed by atoms with E-state index >= 15 is 0 Å². The highest BCUT2D eigenvalue weighted by molar-refractivity contribution is 6.30. The van der Waals surface area contributed by atoms with E-state index in [1.807, 2.05) is 17.0 Å². The van der Waals surface area contributed by atoms with E-state index in [1.54, 1.807) is 24.0 Å². The number of aromatic nitrogens is 2. The van der Waals surface area contributed by atoms with Crippen LogP contribution < -0.4 is 0 Å². The number of amides is 2. The summed E-state index contributed by atoms with van der Waals surface area (Å²) in [4.78, 5) is 34.9. The maximum Gasteiger partial charge on any atom is 0.241 e. The van der Waals surface area contributed by atoms with E-state index in [-0.39, 0.29) is 17.7 Å². The number of piperazine rings is 1. The summed E-state index contributed by atoms with van der Waals surface area (Å²) in [6.45, 7) is 6.30. The zero-order chi connectivity index (χ0) is 21.1. The van der Waals surface area contributed by atoms with Crippen LogP contribution in [0.15, 0.2) is 28.8 Å². The number of likely N-dealkylation sites (tertiary alicyclic amines) is 1. The molecular weight excluding hydrogens is 406 g/mol. The predicted molar refractivity (Wildman–Crippen MR) is 112 cm³/mol. The molecule has 4 rings (SSSR count). The van der Waals surface area contributed by atoms with Crippen molar-refractivity contribution in [2.75, 3.05) is 39.3 Å². The predicted octanol–water partition coefficient (Wildman–Crippen LogP) is 2.29. The average Bonchev–Trinajstić information content (AvgIpc) is 3.23. The SMILES string of the molecule is CC(=O)N1CCCC(C(=O)N2CCN(Cc3nc(-c4ccc(Cl)cc4)no3)CC2)C1. The summed E-state index contributed by atoms with van der Waals surface area (Å²) in [5, 5.41) is 4.72. The zero-order valence-corrected chi connectivity index (χ0v) is 17.8. The van der Waals surface area contributed by atoms with Gasteiger partial charge >= 0.3 is 0 Å². The number of carbonyl (C=O) groups is 2. The Morgan fingerprint density at radius 1 is 1.10 bits per heavy atom. The molecule has 160 valence electrons. The van der Waals surface area contributed by atoms with Crippen LogP contribution in [0.25, 0.3) is 11.4 Å². The van der Waals surface area contributed by atoms with Crippen molar-refractivity contribution in [2.24, 2.45) is 5.92 Å². The first-order valence-electron chi connectivity index (χ1n) is 10.3. The second-order valence-electron chi connectivity index (χ2n) is 7.92. The first-order valence-corrected chi connectivity index (χ1v) is 10.7. The van der Waals surface area contributed by atoms with Gasteiger partial charge in [0.15, 0.2) is 0 Å². The number of carbonyl (C=O) groups excluding carboxylic acids is 2. The van der Waals surface area contributed by atoms with E-state index in [2.05, 4.69) is 15.0 Å². The van der Waals surface area contributed by atoms with Crippen molar-refractivity contribution >= 4 is 23.4 Å². The molecule has 2 aliphatic rings. The van der Waals surface area contributed by atoms with Crippen LogP contribution >= 0.6 is 11.6 Å². The lowest BCUT2D eigenvalue weighted by atomic mass is 9.96. The number of benzene rings is 1. The molecule has 1 aromatic carbocycles. The van der Waals surface area contributed by atoms with E-state index in [0.717, 1.165) is 38.0 Å². The molecule has 1 atom stereocenters. The first kappa shape index (κ1) is 20.8. The van der Waals surface area contributed by atoms with Crippen LogP contribution in [0.1, 0.15) is 25.7 Å². The fourth-order valence-corrected chi connectivity index (χ4v) is 4.20. The second-order valence-corrected chi connectivity index (χ2v) is 8.36. The molecule has 0 N–H and O–H groups in total. The Kier molecular flexibility index (Phi) is 6.34. The van der Waals surface area contributed by atoms with Crippen LogP contribution in [0.4, 0.5) is 0 Å². The van der Waals surface area contributed by atoms with Crippen molar-refractivity contribution in [3.05, 3.63) is 35.2 Å². The highest BCUT2D eigenvalue weighted by Crippen LogP contribution is 2.21. The fourth-order valence-electron chi connectivity index (χ4n) is 4.08. The number of piperidine rings is 1. The molecule has 0 spiro atoms. The van der Waals surface area contributed by atoms with Crippen molar-refractivity contribution in [2.45, 2.75) is 26.3 Å². The molecular formula is C21H26ClN5O3. The monoisotopic (exact) mass is 431 g/mol. The Morgan fingerprint density at radius 2 is 1.83 bits per heavy atom. The Labute approximate surface area is 180 Å². The van der Waals surface area contributed by atoms with Gasteiger partial charge in [-0.3, -0.25) is 14.5 Å². The molecule has 0 aliphatic carbocycles. The zero-order valence-electron chi connectivity index (χ0n) is 17.1. The van der Waals surface area contributed by atoms with E-state index in [0.29, 0.717) is 42.9 Å². The average molecular weight is 432 g/mol. The molecule has 0 saturated carbocycles. The number of nitrogens with zero attached hydrogens (tertiary/aromatic N) is 5. The Hall–Kier alpha value is -2.45. The van der Waals surface area contributed by atoms with Crippen LogP contribution in [-0.4, -0.2) is 75.9 Å². The normalized spacial score (nSPS) is 20.4. The standard InChI is InChI=1S/C21H26ClN5O3/c1-15(28)27-8-2-3-17(13-27)21(29)26-11-9-25(10-12-26)14-19-23-20(24-30-19)16-4-6-18(22)7-5-16/h4-7,17H,2-3,8-14H2,1H3. The van der Waals surface area contributed by atoms with Crippen LogP contribution in [0.5, 0.6) is 0 Å². The van der Waals surface area contributed by atoms with Gasteiger partial charge in [-0.25, -0.2) is 0 Å². The van der Waals surface area contributed by atoms with E-state index in [1.165, 1.54) is 0 Å². The largest absolute Gasteiger partial charge is 0.342 e. The summed E-state index contributed by atoms with van der Waals surface area (Å²) >= 11 is 5.92. The number of hydrogen-bond donors (Lipinski definition) is 0. The minimum Gasteiger partial charge on any atom is -0.342 e. The summed E-state index contributed by atoms with van der Waals surface area (Å²) in [6.07, 6.45) is 1.75. The summed E-state index contributed by atoms with van der Waals surface area (Å²) < 4.78 is 5.40. The fraction of sp³-hybridized carbons (Fsp3) is 0.524. The first-order chi connectivity index (χ1) is 14.5. The minimum atomic E-state index is -0.0768. The summed E-state index contributed by atoms with van der Waals surface area (Å²) in [7, 11) is 0. The van der Waals surface area contributed by atoms with Crippen LogP contribution in [0.3, 0.4) is 0 Å². The van der Waals surface area contributed by atoms with Gasteiger partial charge in [0.25, 0.3) is 0 Å². The molecule has 0 radical (unpaired) electrons. The summed E-state index contributed by atoms with van der Waals surface area (Å²) in [5.41, 5.74) is 0.858. The van der Waals surface area contributed by atoms with Gasteiger partial charge in [-0.15, -0.1) is 0 Å². The number of hydrogen-bond acceptors (Lipinski definition) is 6. The van der Waals surface area contributed by atoms with Gasteiger partial charge in [0.05, 0.1) is 12.5 Å². The van der Waals surface area contributed by atoms with Crippen LogP contribution in [0, 0.1) is 5.92 Å². The van der Waals surface area contributed by atoms with Crippen LogP contribution in [-0.2, 0) is 16.1 Å². The third-order valence-corrected chi connectivity index (χ3v) is 6.08. The lowest BCUT2D eigenvalue weighted by Gasteiger charge is -2.38. The van der Waals surface area contributed by atoms with Gasteiger partial charge in [0.1, 0.15) is 0 Å². The van der Waals surface area contributed by atoms with Crippen LogP contribution in [0.2, 0.25) is 5.02 Å². The van der Waals surface area contributed by atoms with E-state index in [9.17, 15) is 9.59 Å². The maximum absolute atomic E-state index is 12.9. The van der Waals surface area contributed by atoms with Gasteiger partial charge in [-0.2, -0.15) is 4.98 Å². The third kappa shape index (κ3) is 4.82. The van der Waals surface area contributed by atoms with Gasteiger partial charge < -0.3 is 14.3 Å². The smallest absolute Gasteiger partial charge is 0.241 e. The van der Waals surface area contributed by atoms with Gasteiger partial charge in [0.2, 0.25) is 23.5 Å². The van der Waals surface area contributed by atoms with Crippen molar-refractivity contribution in [3.63, 3.8) is 0 Å². The quantitative estimate of drug-likeness (QED) is 0.738. The molecule has 2 amide bonds. The molecule has 2 saturated heterocycles. The molecule has 2 fully saturated rings. The summed E-state index contributed by atoms with van der Waals surface area (Å²) in [5.74, 6) is 1.25. The van der Waals surface area contributed by atoms with Gasteiger partial charge in [-0.05, 0) is 37.1 Å². The maximum atomic E-state index is 12.9. The second kappa shape index (κ2) is 9.14. The minimum absolute atomic E-state index is 0.0508. The molecule has 30 heavy (non-hydrogen) atoms. The van der Waals surface area contributed by atoms with Gasteiger partial charge in [0, 0.05) is 56.8 Å². The molecule has 0 bridgehead atoms. The molecule has 9 heteroatoms. The van der Waals surface area contributed by atoms with Crippen molar-refractivity contribution in [1.29, 1.82) is 0 Å². The third-order valence-electron chi connectivity index (χ3n) is 5.83. The van der Waals surface area contributed by atoms with E-state index < -0.39 is 0 Å². The molecule has 1 unspecified atom stereocenters. The molecule has 8 nitrogen and oxygen atoms in total. The molecule has 2 aromatic rings. The molecule has 2 aliphatic heterocycles. The van der Waals surface area contributed by atoms with Crippen molar-refractivity contribution < 1.29 is 14.1 Å². The van der Waals surface area contributed by atoms with Crippen molar-refractivity contribution in [1.82, 2.24) is 24.8 Å². The lowest BCUT2D eigenvalue weighted by molar-refractivity contribution is -0.141.